The minimum absolute atomic E-state index is 0.288. The van der Waals surface area contributed by atoms with Crippen molar-refractivity contribution in [1.29, 1.82) is 0 Å². The third-order valence-corrected chi connectivity index (χ3v) is 2.23. The Bertz CT molecular complexity index is 452. The lowest BCUT2D eigenvalue weighted by Gasteiger charge is -2.13. The van der Waals surface area contributed by atoms with E-state index in [1.54, 1.807) is 42.3 Å². The Balaban J connectivity index is 2.61. The number of aromatic nitrogens is 2. The number of benzene rings is 1. The van der Waals surface area contributed by atoms with Gasteiger partial charge in [-0.05, 0) is 19.1 Å². The van der Waals surface area contributed by atoms with Crippen molar-refractivity contribution in [3.8, 4) is 5.69 Å². The van der Waals surface area contributed by atoms with Gasteiger partial charge in [0.15, 0.2) is 0 Å². The van der Waals surface area contributed by atoms with E-state index in [0.29, 0.717) is 5.69 Å². The van der Waals surface area contributed by atoms with Gasteiger partial charge in [0.1, 0.15) is 5.82 Å². The van der Waals surface area contributed by atoms with Crippen LogP contribution in [0.15, 0.2) is 36.9 Å². The lowest BCUT2D eigenvalue weighted by Crippen LogP contribution is -2.03. The SMILES string of the molecule is C[C@H](O)c1c(F)cccc1-n1ccnc1. The van der Waals surface area contributed by atoms with Crippen molar-refractivity contribution >= 4 is 0 Å². The largest absolute Gasteiger partial charge is 0.389 e. The van der Waals surface area contributed by atoms with Crippen LogP contribution in [0, 0.1) is 5.82 Å². The summed E-state index contributed by atoms with van der Waals surface area (Å²) in [5.74, 6) is -0.406. The van der Waals surface area contributed by atoms with Crippen LogP contribution in [-0.4, -0.2) is 14.7 Å². The highest BCUT2D eigenvalue weighted by molar-refractivity contribution is 5.43. The van der Waals surface area contributed by atoms with E-state index in [0.717, 1.165) is 0 Å². The third-order valence-electron chi connectivity index (χ3n) is 2.23. The molecule has 4 heteroatoms. The van der Waals surface area contributed by atoms with E-state index in [-0.39, 0.29) is 5.56 Å². The molecular weight excluding hydrogens is 195 g/mol. The monoisotopic (exact) mass is 206 g/mol. The molecule has 1 heterocycles. The average molecular weight is 206 g/mol. The van der Waals surface area contributed by atoms with Crippen molar-refractivity contribution in [2.24, 2.45) is 0 Å². The van der Waals surface area contributed by atoms with Gasteiger partial charge in [-0.15, -0.1) is 0 Å². The van der Waals surface area contributed by atoms with E-state index < -0.39 is 11.9 Å². The zero-order chi connectivity index (χ0) is 10.8. The van der Waals surface area contributed by atoms with Crippen molar-refractivity contribution in [2.75, 3.05) is 0 Å². The number of imidazole rings is 1. The van der Waals surface area contributed by atoms with Gasteiger partial charge in [0.25, 0.3) is 0 Å². The maximum Gasteiger partial charge on any atom is 0.131 e. The molecule has 0 aliphatic carbocycles. The van der Waals surface area contributed by atoms with Crippen LogP contribution >= 0.6 is 0 Å². The van der Waals surface area contributed by atoms with Gasteiger partial charge in [-0.25, -0.2) is 9.37 Å². The molecule has 0 aliphatic heterocycles. The van der Waals surface area contributed by atoms with Gasteiger partial charge in [0.05, 0.1) is 18.1 Å². The molecule has 0 saturated carbocycles. The van der Waals surface area contributed by atoms with Crippen LogP contribution in [0.5, 0.6) is 0 Å². The van der Waals surface area contributed by atoms with E-state index in [4.69, 9.17) is 0 Å². The molecule has 1 atom stereocenters. The molecule has 0 spiro atoms. The number of rotatable bonds is 2. The van der Waals surface area contributed by atoms with Gasteiger partial charge < -0.3 is 9.67 Å². The van der Waals surface area contributed by atoms with Gasteiger partial charge in [-0.2, -0.15) is 0 Å². The normalized spacial score (nSPS) is 12.7. The first-order chi connectivity index (χ1) is 7.20. The maximum atomic E-state index is 13.5. The minimum Gasteiger partial charge on any atom is -0.389 e. The van der Waals surface area contributed by atoms with Crippen molar-refractivity contribution in [2.45, 2.75) is 13.0 Å². The quantitative estimate of drug-likeness (QED) is 0.816. The molecule has 1 N–H and O–H groups in total. The van der Waals surface area contributed by atoms with Crippen LogP contribution in [0.25, 0.3) is 5.69 Å². The first kappa shape index (κ1) is 9.86. The van der Waals surface area contributed by atoms with Gasteiger partial charge in [0, 0.05) is 18.0 Å². The molecule has 15 heavy (non-hydrogen) atoms. The number of aliphatic hydroxyl groups is 1. The topological polar surface area (TPSA) is 38.0 Å². The molecule has 0 aliphatic rings. The fourth-order valence-electron chi connectivity index (χ4n) is 1.57. The van der Waals surface area contributed by atoms with Gasteiger partial charge >= 0.3 is 0 Å². The average Bonchev–Trinajstić information content (AvgIpc) is 2.69. The molecule has 0 saturated heterocycles. The number of hydrogen-bond donors (Lipinski definition) is 1. The Morgan fingerprint density at radius 2 is 2.27 bits per heavy atom. The number of aliphatic hydroxyl groups excluding tert-OH is 1. The summed E-state index contributed by atoms with van der Waals surface area (Å²) in [4.78, 5) is 3.89. The molecule has 1 aromatic heterocycles. The molecule has 2 rings (SSSR count). The summed E-state index contributed by atoms with van der Waals surface area (Å²) in [6.07, 6.45) is 4.04. The van der Waals surface area contributed by atoms with E-state index in [1.807, 2.05) is 0 Å². The molecule has 1 aromatic carbocycles. The zero-order valence-electron chi connectivity index (χ0n) is 8.26. The lowest BCUT2D eigenvalue weighted by atomic mass is 10.1. The van der Waals surface area contributed by atoms with Crippen LogP contribution in [-0.2, 0) is 0 Å². The second-order valence-corrected chi connectivity index (χ2v) is 3.32. The Kier molecular flexibility index (Phi) is 2.51. The fourth-order valence-corrected chi connectivity index (χ4v) is 1.57. The van der Waals surface area contributed by atoms with Crippen LogP contribution in [0.2, 0.25) is 0 Å². The number of nitrogens with zero attached hydrogens (tertiary/aromatic N) is 2. The molecule has 0 unspecified atom stereocenters. The molecular formula is C11H11FN2O. The summed E-state index contributed by atoms with van der Waals surface area (Å²) in [6, 6.07) is 4.69. The lowest BCUT2D eigenvalue weighted by molar-refractivity contribution is 0.194. The molecule has 0 bridgehead atoms. The van der Waals surface area contributed by atoms with Gasteiger partial charge in [-0.3, -0.25) is 0 Å². The second kappa shape index (κ2) is 3.82. The van der Waals surface area contributed by atoms with E-state index in [1.165, 1.54) is 6.07 Å². The molecule has 3 nitrogen and oxygen atoms in total. The van der Waals surface area contributed by atoms with Crippen LogP contribution < -0.4 is 0 Å². The number of halogens is 1. The van der Waals surface area contributed by atoms with Crippen molar-refractivity contribution in [3.63, 3.8) is 0 Å². The summed E-state index contributed by atoms with van der Waals surface area (Å²) in [5, 5.41) is 9.51. The Morgan fingerprint density at radius 1 is 1.47 bits per heavy atom. The highest BCUT2D eigenvalue weighted by Crippen LogP contribution is 2.24. The zero-order valence-corrected chi connectivity index (χ0v) is 8.26. The molecule has 0 fully saturated rings. The van der Waals surface area contributed by atoms with Crippen LogP contribution in [0.3, 0.4) is 0 Å². The van der Waals surface area contributed by atoms with Crippen molar-refractivity contribution < 1.29 is 9.50 Å². The Morgan fingerprint density at radius 3 is 2.87 bits per heavy atom. The van der Waals surface area contributed by atoms with Crippen LogP contribution in [0.4, 0.5) is 4.39 Å². The molecule has 0 amide bonds. The minimum atomic E-state index is -0.844. The van der Waals surface area contributed by atoms with Crippen molar-refractivity contribution in [3.05, 3.63) is 48.3 Å². The highest BCUT2D eigenvalue weighted by atomic mass is 19.1. The van der Waals surface area contributed by atoms with Gasteiger partial charge in [-0.1, -0.05) is 6.07 Å². The molecule has 2 aromatic rings. The summed E-state index contributed by atoms with van der Waals surface area (Å²) in [7, 11) is 0. The highest BCUT2D eigenvalue weighted by Gasteiger charge is 2.14. The molecule has 78 valence electrons. The first-order valence-electron chi connectivity index (χ1n) is 4.65. The smallest absolute Gasteiger partial charge is 0.131 e. The van der Waals surface area contributed by atoms with E-state index in [9.17, 15) is 9.50 Å². The Labute approximate surface area is 86.8 Å². The first-order valence-corrected chi connectivity index (χ1v) is 4.65. The van der Waals surface area contributed by atoms with E-state index >= 15 is 0 Å². The Hall–Kier alpha value is -1.68. The van der Waals surface area contributed by atoms with E-state index in [2.05, 4.69) is 4.98 Å². The maximum absolute atomic E-state index is 13.5. The summed E-state index contributed by atoms with van der Waals surface area (Å²) in [6.45, 7) is 1.54. The predicted molar refractivity (Wildman–Crippen MR) is 54.2 cm³/mol. The standard InChI is InChI=1S/C11H11FN2O/c1-8(15)11-9(12)3-2-4-10(11)14-6-5-13-7-14/h2-8,15H,1H3/t8-/m0/s1. The third kappa shape index (κ3) is 1.76. The predicted octanol–water partition coefficient (Wildman–Crippen LogP) is 2.06. The second-order valence-electron chi connectivity index (χ2n) is 3.32. The summed E-state index contributed by atoms with van der Waals surface area (Å²) < 4.78 is 15.2. The number of hydrogen-bond acceptors (Lipinski definition) is 2. The summed E-state index contributed by atoms with van der Waals surface area (Å²) >= 11 is 0. The van der Waals surface area contributed by atoms with Crippen molar-refractivity contribution in [1.82, 2.24) is 9.55 Å². The summed E-state index contributed by atoms with van der Waals surface area (Å²) in [5.41, 5.74) is 0.901. The fraction of sp³-hybridized carbons (Fsp3) is 0.182. The van der Waals surface area contributed by atoms with Gasteiger partial charge in [0.2, 0.25) is 0 Å². The van der Waals surface area contributed by atoms with Crippen LogP contribution in [0.1, 0.15) is 18.6 Å². The molecule has 0 radical (unpaired) electrons.